The third-order valence-corrected chi connectivity index (χ3v) is 9.24. The van der Waals surface area contributed by atoms with Crippen LogP contribution in [0.15, 0.2) is 122 Å². The molecule has 1 saturated carbocycles. The van der Waals surface area contributed by atoms with Crippen LogP contribution < -0.4 is 14.4 Å². The Hall–Kier alpha value is -4.81. The SMILES string of the molecule is C=C(C1CC2C(=C)N(c3ccc(Oc4ccc(-c5ccc(Oc6ccc(C)cc6)cc5)cc4)cc3)C(=O)C2CC1CO)N(C)C. The molecule has 0 radical (unpaired) electrons. The molecule has 0 bridgehead atoms. The number of anilines is 1. The first-order valence-electron chi connectivity index (χ1n) is 15.4. The smallest absolute Gasteiger partial charge is 0.235 e. The van der Waals surface area contributed by atoms with E-state index in [9.17, 15) is 9.90 Å². The molecule has 0 aromatic heterocycles. The molecule has 2 fully saturated rings. The van der Waals surface area contributed by atoms with E-state index in [1.165, 1.54) is 5.56 Å². The number of aliphatic hydroxyl groups is 1. The van der Waals surface area contributed by atoms with Crippen LogP contribution in [0.4, 0.5) is 5.69 Å². The maximum absolute atomic E-state index is 13.6. The highest BCUT2D eigenvalue weighted by Gasteiger charge is 2.50. The van der Waals surface area contributed by atoms with Gasteiger partial charge in [-0.25, -0.2) is 0 Å². The predicted molar refractivity (Wildman–Crippen MR) is 179 cm³/mol. The molecule has 4 atom stereocenters. The minimum absolute atomic E-state index is 0.0115. The van der Waals surface area contributed by atoms with Crippen molar-refractivity contribution in [2.24, 2.45) is 23.7 Å². The number of hydrogen-bond acceptors (Lipinski definition) is 5. The molecule has 1 saturated heterocycles. The van der Waals surface area contributed by atoms with Gasteiger partial charge in [0.05, 0.1) is 0 Å². The first-order valence-corrected chi connectivity index (χ1v) is 15.4. The van der Waals surface area contributed by atoms with Gasteiger partial charge in [-0.05, 0) is 97.5 Å². The molecule has 1 aliphatic carbocycles. The molecule has 0 spiro atoms. The summed E-state index contributed by atoms with van der Waals surface area (Å²) >= 11 is 0. The average Bonchev–Trinajstić information content (AvgIpc) is 3.30. The van der Waals surface area contributed by atoms with Gasteiger partial charge in [0.25, 0.3) is 0 Å². The third-order valence-electron chi connectivity index (χ3n) is 9.24. The number of hydrogen-bond donors (Lipinski definition) is 1. The van der Waals surface area contributed by atoms with E-state index in [4.69, 9.17) is 9.47 Å². The summed E-state index contributed by atoms with van der Waals surface area (Å²) in [5, 5.41) is 10.1. The minimum Gasteiger partial charge on any atom is -0.457 e. The van der Waals surface area contributed by atoms with Crippen molar-refractivity contribution in [3.63, 3.8) is 0 Å². The van der Waals surface area contributed by atoms with Gasteiger partial charge in [0.15, 0.2) is 0 Å². The molecular formula is C39H40N2O4. The fraction of sp³-hybridized carbons (Fsp3) is 0.256. The van der Waals surface area contributed by atoms with E-state index in [2.05, 4.69) is 20.1 Å². The van der Waals surface area contributed by atoms with Crippen molar-refractivity contribution >= 4 is 11.6 Å². The van der Waals surface area contributed by atoms with Crippen LogP contribution in [-0.4, -0.2) is 36.6 Å². The maximum atomic E-state index is 13.6. The summed E-state index contributed by atoms with van der Waals surface area (Å²) in [7, 11) is 3.95. The second-order valence-electron chi connectivity index (χ2n) is 12.3. The van der Waals surface area contributed by atoms with Crippen LogP contribution in [0, 0.1) is 30.6 Å². The number of fused-ring (bicyclic) bond motifs is 1. The van der Waals surface area contributed by atoms with Gasteiger partial charge in [-0.2, -0.15) is 0 Å². The van der Waals surface area contributed by atoms with Crippen molar-refractivity contribution in [1.29, 1.82) is 0 Å². The molecule has 1 aliphatic heterocycles. The molecular weight excluding hydrogens is 560 g/mol. The van der Waals surface area contributed by atoms with Crippen molar-refractivity contribution in [3.8, 4) is 34.1 Å². The standard InChI is InChI=1S/C39H40N2O4/c1-25-6-14-32(15-7-25)44-33-16-8-28(9-17-33)29-10-18-34(19-11-29)45-35-20-12-31(13-21-35)41-27(3)37-23-36(26(2)40(4)5)30(24-42)22-38(37)39(41)43/h6-21,30,36-38,42H,2-3,22-24H2,1,4-5H3. The highest BCUT2D eigenvalue weighted by molar-refractivity contribution is 6.01. The summed E-state index contributed by atoms with van der Waals surface area (Å²) < 4.78 is 12.1. The third kappa shape index (κ3) is 6.24. The fourth-order valence-electron chi connectivity index (χ4n) is 6.61. The molecule has 45 heavy (non-hydrogen) atoms. The number of amides is 1. The Balaban J connectivity index is 1.09. The van der Waals surface area contributed by atoms with Crippen LogP contribution in [0.25, 0.3) is 11.1 Å². The lowest BCUT2D eigenvalue weighted by atomic mass is 9.68. The molecule has 4 aromatic carbocycles. The molecule has 2 aliphatic rings. The number of allylic oxidation sites excluding steroid dienone is 2. The van der Waals surface area contributed by atoms with Crippen molar-refractivity contribution in [2.75, 3.05) is 25.6 Å². The van der Waals surface area contributed by atoms with Crippen LogP contribution >= 0.6 is 0 Å². The first-order chi connectivity index (χ1) is 21.7. The predicted octanol–water partition coefficient (Wildman–Crippen LogP) is 8.43. The Morgan fingerprint density at radius 1 is 0.778 bits per heavy atom. The summed E-state index contributed by atoms with van der Waals surface area (Å²) in [5.74, 6) is 3.05. The molecule has 1 N–H and O–H groups in total. The highest BCUT2D eigenvalue weighted by atomic mass is 16.5. The van der Waals surface area contributed by atoms with Gasteiger partial charge in [0.2, 0.25) is 5.91 Å². The fourth-order valence-corrected chi connectivity index (χ4v) is 6.61. The quantitative estimate of drug-likeness (QED) is 0.209. The van der Waals surface area contributed by atoms with Gasteiger partial charge in [0.1, 0.15) is 23.0 Å². The largest absolute Gasteiger partial charge is 0.457 e. The number of aliphatic hydroxyl groups excluding tert-OH is 1. The van der Waals surface area contributed by atoms with E-state index >= 15 is 0 Å². The second-order valence-corrected chi connectivity index (χ2v) is 12.3. The number of nitrogens with zero attached hydrogens (tertiary/aromatic N) is 2. The van der Waals surface area contributed by atoms with Crippen LogP contribution in [0.2, 0.25) is 0 Å². The Morgan fingerprint density at radius 2 is 1.24 bits per heavy atom. The van der Waals surface area contributed by atoms with Gasteiger partial charge in [-0.15, -0.1) is 0 Å². The topological polar surface area (TPSA) is 62.2 Å². The number of benzene rings is 4. The minimum atomic E-state index is -0.174. The second kappa shape index (κ2) is 12.7. The van der Waals surface area contributed by atoms with E-state index in [-0.39, 0.29) is 36.2 Å². The van der Waals surface area contributed by atoms with Crippen molar-refractivity contribution in [1.82, 2.24) is 4.90 Å². The number of aryl methyl sites for hydroxylation is 1. The zero-order valence-electron chi connectivity index (χ0n) is 26.1. The van der Waals surface area contributed by atoms with Gasteiger partial charge >= 0.3 is 0 Å². The van der Waals surface area contributed by atoms with Crippen molar-refractivity contribution < 1.29 is 19.4 Å². The Labute approximate surface area is 265 Å². The van der Waals surface area contributed by atoms with Crippen LogP contribution in [0.5, 0.6) is 23.0 Å². The summed E-state index contributed by atoms with van der Waals surface area (Å²) in [6.07, 6.45) is 1.39. The van der Waals surface area contributed by atoms with Gasteiger partial charge in [-0.3, -0.25) is 9.69 Å². The van der Waals surface area contributed by atoms with Crippen LogP contribution in [-0.2, 0) is 4.79 Å². The molecule has 6 heteroatoms. The van der Waals surface area contributed by atoms with E-state index < -0.39 is 0 Å². The lowest BCUT2D eigenvalue weighted by Crippen LogP contribution is -2.37. The Bertz CT molecular complexity index is 1680. The number of carbonyl (C=O) groups excluding carboxylic acids is 1. The molecule has 4 unspecified atom stereocenters. The lowest BCUT2D eigenvalue weighted by Gasteiger charge is -2.39. The highest BCUT2D eigenvalue weighted by Crippen LogP contribution is 2.50. The molecule has 6 nitrogen and oxygen atoms in total. The maximum Gasteiger partial charge on any atom is 0.235 e. The molecule has 230 valence electrons. The molecule has 1 heterocycles. The van der Waals surface area contributed by atoms with Crippen molar-refractivity contribution in [3.05, 3.63) is 127 Å². The normalized spacial score (nSPS) is 20.9. The summed E-state index contributed by atoms with van der Waals surface area (Å²) in [4.78, 5) is 17.3. The van der Waals surface area contributed by atoms with Crippen molar-refractivity contribution in [2.45, 2.75) is 19.8 Å². The van der Waals surface area contributed by atoms with Gasteiger partial charge in [0, 0.05) is 55.5 Å². The van der Waals surface area contributed by atoms with E-state index in [0.29, 0.717) is 12.2 Å². The molecule has 4 aromatic rings. The number of ether oxygens (including phenoxy) is 2. The summed E-state index contributed by atoms with van der Waals surface area (Å²) in [6, 6.07) is 31.6. The summed E-state index contributed by atoms with van der Waals surface area (Å²) in [6.45, 7) is 10.7. The van der Waals surface area contributed by atoms with E-state index in [1.54, 1.807) is 4.90 Å². The van der Waals surface area contributed by atoms with Gasteiger partial charge in [-0.1, -0.05) is 55.1 Å². The van der Waals surface area contributed by atoms with Crippen LogP contribution in [0.3, 0.4) is 0 Å². The van der Waals surface area contributed by atoms with E-state index in [0.717, 1.165) is 51.9 Å². The lowest BCUT2D eigenvalue weighted by molar-refractivity contribution is -0.122. The number of carbonyl (C=O) groups is 1. The number of rotatable bonds is 9. The van der Waals surface area contributed by atoms with E-state index in [1.807, 2.05) is 116 Å². The molecule has 1 amide bonds. The summed E-state index contributed by atoms with van der Waals surface area (Å²) in [5.41, 5.74) is 5.94. The zero-order chi connectivity index (χ0) is 31.7. The molecule has 6 rings (SSSR count). The Morgan fingerprint density at radius 3 is 1.71 bits per heavy atom. The first kappa shape index (κ1) is 30.2. The zero-order valence-corrected chi connectivity index (χ0v) is 26.1. The monoisotopic (exact) mass is 600 g/mol. The average molecular weight is 601 g/mol. The van der Waals surface area contributed by atoms with Crippen LogP contribution in [0.1, 0.15) is 18.4 Å². The van der Waals surface area contributed by atoms with Gasteiger partial charge < -0.3 is 19.5 Å². The Kier molecular flexibility index (Phi) is 8.50.